The van der Waals surface area contributed by atoms with E-state index in [0.29, 0.717) is 5.41 Å². The molecule has 0 aromatic rings. The van der Waals surface area contributed by atoms with Crippen LogP contribution in [0.4, 0.5) is 0 Å². The van der Waals surface area contributed by atoms with Gasteiger partial charge in [0.05, 0.1) is 6.61 Å². The van der Waals surface area contributed by atoms with Crippen molar-refractivity contribution < 1.29 is 4.74 Å². The Morgan fingerprint density at radius 3 is 2.84 bits per heavy atom. The van der Waals surface area contributed by atoms with Crippen LogP contribution in [0.15, 0.2) is 0 Å². The molecule has 1 N–H and O–H groups in total. The Bertz CT molecular complexity index is 257. The monoisotopic (exact) mass is 288 g/mol. The number of ether oxygens (including phenoxy) is 1. The van der Waals surface area contributed by atoms with E-state index >= 15 is 0 Å². The van der Waals surface area contributed by atoms with Gasteiger partial charge in [-0.3, -0.25) is 0 Å². The van der Waals surface area contributed by atoms with Crippen molar-refractivity contribution in [1.82, 2.24) is 10.2 Å². The van der Waals surface area contributed by atoms with Crippen LogP contribution < -0.4 is 5.32 Å². The number of rotatable bonds is 2. The number of nitrogens with zero attached hydrogens (tertiary/aromatic N) is 1. The van der Waals surface area contributed by atoms with Crippen LogP contribution >= 0.6 is 12.4 Å². The summed E-state index contributed by atoms with van der Waals surface area (Å²) < 4.78 is 5.76. The number of hydrogen-bond donors (Lipinski definition) is 1. The highest BCUT2D eigenvalue weighted by atomic mass is 35.5. The molecule has 1 spiro atoms. The van der Waals surface area contributed by atoms with Crippen LogP contribution in [0, 0.1) is 11.3 Å². The highest BCUT2D eigenvalue weighted by Gasteiger charge is 2.37. The molecule has 0 bridgehead atoms. The van der Waals surface area contributed by atoms with E-state index in [1.54, 1.807) is 0 Å². The van der Waals surface area contributed by atoms with E-state index in [0.717, 1.165) is 19.1 Å². The van der Waals surface area contributed by atoms with Gasteiger partial charge in [-0.25, -0.2) is 0 Å². The van der Waals surface area contributed by atoms with Crippen LogP contribution in [0.25, 0.3) is 0 Å². The third-order valence-corrected chi connectivity index (χ3v) is 5.06. The molecule has 2 unspecified atom stereocenters. The molecule has 112 valence electrons. The Morgan fingerprint density at radius 1 is 1.21 bits per heavy atom. The van der Waals surface area contributed by atoms with Gasteiger partial charge >= 0.3 is 0 Å². The minimum absolute atomic E-state index is 0. The molecule has 3 aliphatic rings. The fraction of sp³-hybridized carbons (Fsp3) is 1.00. The average molecular weight is 289 g/mol. The molecule has 3 rings (SSSR count). The molecule has 3 saturated heterocycles. The normalized spacial score (nSPS) is 36.9. The molecule has 3 heterocycles. The van der Waals surface area contributed by atoms with Crippen LogP contribution in [0.1, 0.15) is 38.5 Å². The molecule has 0 amide bonds. The first-order valence-electron chi connectivity index (χ1n) is 7.87. The topological polar surface area (TPSA) is 24.5 Å². The van der Waals surface area contributed by atoms with Gasteiger partial charge in [0.15, 0.2) is 0 Å². The van der Waals surface area contributed by atoms with Gasteiger partial charge in [0.1, 0.15) is 0 Å². The summed E-state index contributed by atoms with van der Waals surface area (Å²) in [6, 6.07) is 0. The molecule has 2 atom stereocenters. The van der Waals surface area contributed by atoms with Crippen LogP contribution in [0.2, 0.25) is 0 Å². The summed E-state index contributed by atoms with van der Waals surface area (Å²) in [4.78, 5) is 2.73. The molecule has 3 aliphatic heterocycles. The van der Waals surface area contributed by atoms with Crippen molar-refractivity contribution in [2.24, 2.45) is 11.3 Å². The van der Waals surface area contributed by atoms with E-state index in [1.165, 1.54) is 71.2 Å². The lowest BCUT2D eigenvalue weighted by Crippen LogP contribution is -2.49. The lowest BCUT2D eigenvalue weighted by atomic mass is 9.75. The third-order valence-electron chi connectivity index (χ3n) is 5.06. The highest BCUT2D eigenvalue weighted by molar-refractivity contribution is 5.85. The molecule has 0 aromatic heterocycles. The van der Waals surface area contributed by atoms with Gasteiger partial charge in [-0.1, -0.05) is 0 Å². The van der Waals surface area contributed by atoms with Gasteiger partial charge in [-0.05, 0) is 64.1 Å². The number of hydrogen-bond acceptors (Lipinski definition) is 3. The van der Waals surface area contributed by atoms with Crippen molar-refractivity contribution in [3.05, 3.63) is 0 Å². The minimum atomic E-state index is 0. The maximum atomic E-state index is 5.76. The summed E-state index contributed by atoms with van der Waals surface area (Å²) in [6.45, 7) is 8.41. The second-order valence-electron chi connectivity index (χ2n) is 6.71. The zero-order chi connectivity index (χ0) is 12.3. The zero-order valence-corrected chi connectivity index (χ0v) is 12.8. The van der Waals surface area contributed by atoms with E-state index in [-0.39, 0.29) is 12.4 Å². The van der Waals surface area contributed by atoms with Gasteiger partial charge < -0.3 is 15.0 Å². The van der Waals surface area contributed by atoms with Crippen LogP contribution in [-0.4, -0.2) is 50.8 Å². The lowest BCUT2D eigenvalue weighted by molar-refractivity contribution is -0.0518. The molecule has 3 fully saturated rings. The maximum absolute atomic E-state index is 5.76. The summed E-state index contributed by atoms with van der Waals surface area (Å²) in [5.41, 5.74) is 0.512. The second-order valence-corrected chi connectivity index (χ2v) is 6.71. The zero-order valence-electron chi connectivity index (χ0n) is 12.0. The SMILES string of the molecule is C1CNCC(CN2CCCC3(CCCOC3)C2)C1.Cl. The summed E-state index contributed by atoms with van der Waals surface area (Å²) in [5.74, 6) is 0.887. The van der Waals surface area contributed by atoms with Gasteiger partial charge in [0.25, 0.3) is 0 Å². The number of piperidine rings is 2. The molecular weight excluding hydrogens is 260 g/mol. The van der Waals surface area contributed by atoms with Gasteiger partial charge in [-0.15, -0.1) is 12.4 Å². The number of halogens is 1. The van der Waals surface area contributed by atoms with Crippen LogP contribution in [0.5, 0.6) is 0 Å². The first-order valence-corrected chi connectivity index (χ1v) is 7.87. The fourth-order valence-corrected chi connectivity index (χ4v) is 4.14. The summed E-state index contributed by atoms with van der Waals surface area (Å²) >= 11 is 0. The Hall–Kier alpha value is 0.170. The molecular formula is C15H29ClN2O. The molecule has 0 aliphatic carbocycles. The number of likely N-dealkylation sites (tertiary alicyclic amines) is 1. The Kier molecular flexibility index (Phi) is 5.94. The van der Waals surface area contributed by atoms with E-state index in [1.807, 2.05) is 0 Å². The predicted octanol–water partition coefficient (Wildman–Crippen LogP) is 2.30. The van der Waals surface area contributed by atoms with Crippen molar-refractivity contribution in [2.75, 3.05) is 45.9 Å². The lowest BCUT2D eigenvalue weighted by Gasteiger charge is -2.46. The molecule has 0 radical (unpaired) electrons. The average Bonchev–Trinajstić information content (AvgIpc) is 2.41. The van der Waals surface area contributed by atoms with Crippen LogP contribution in [0.3, 0.4) is 0 Å². The highest BCUT2D eigenvalue weighted by Crippen LogP contribution is 2.37. The minimum Gasteiger partial charge on any atom is -0.381 e. The summed E-state index contributed by atoms with van der Waals surface area (Å²) in [7, 11) is 0. The fourth-order valence-electron chi connectivity index (χ4n) is 4.14. The Labute approximate surface area is 123 Å². The largest absolute Gasteiger partial charge is 0.381 e. The van der Waals surface area contributed by atoms with Crippen molar-refractivity contribution >= 4 is 12.4 Å². The van der Waals surface area contributed by atoms with Crippen molar-refractivity contribution in [3.8, 4) is 0 Å². The van der Waals surface area contributed by atoms with Gasteiger partial charge in [-0.2, -0.15) is 0 Å². The van der Waals surface area contributed by atoms with Crippen molar-refractivity contribution in [2.45, 2.75) is 38.5 Å². The maximum Gasteiger partial charge on any atom is 0.0534 e. The standard InChI is InChI=1S/C15H28N2O.ClH/c1-4-14(10-16-7-1)11-17-8-2-5-15(12-17)6-3-9-18-13-15;/h14,16H,1-13H2;1H. The third kappa shape index (κ3) is 4.07. The first-order chi connectivity index (χ1) is 8.86. The molecule has 19 heavy (non-hydrogen) atoms. The summed E-state index contributed by atoms with van der Waals surface area (Å²) in [6.07, 6.45) is 8.24. The van der Waals surface area contributed by atoms with Crippen LogP contribution in [-0.2, 0) is 4.74 Å². The summed E-state index contributed by atoms with van der Waals surface area (Å²) in [5, 5.41) is 3.54. The number of nitrogens with one attached hydrogen (secondary N) is 1. The quantitative estimate of drug-likeness (QED) is 0.844. The van der Waals surface area contributed by atoms with Gasteiger partial charge in [0.2, 0.25) is 0 Å². The smallest absolute Gasteiger partial charge is 0.0534 e. The van der Waals surface area contributed by atoms with E-state index < -0.39 is 0 Å². The Morgan fingerprint density at radius 2 is 2.11 bits per heavy atom. The molecule has 0 aromatic carbocycles. The molecule has 4 heteroatoms. The predicted molar refractivity (Wildman–Crippen MR) is 81.0 cm³/mol. The molecule has 3 nitrogen and oxygen atoms in total. The first kappa shape index (κ1) is 15.6. The van der Waals surface area contributed by atoms with E-state index in [2.05, 4.69) is 10.2 Å². The Balaban J connectivity index is 0.00000133. The van der Waals surface area contributed by atoms with E-state index in [9.17, 15) is 0 Å². The molecule has 0 saturated carbocycles. The van der Waals surface area contributed by atoms with Crippen molar-refractivity contribution in [1.29, 1.82) is 0 Å². The van der Waals surface area contributed by atoms with Crippen molar-refractivity contribution in [3.63, 3.8) is 0 Å². The van der Waals surface area contributed by atoms with E-state index in [4.69, 9.17) is 4.74 Å². The second kappa shape index (κ2) is 7.26. The van der Waals surface area contributed by atoms with Gasteiger partial charge in [0, 0.05) is 25.1 Å².